The number of hydrogen-bond donors (Lipinski definition) is 0. The summed E-state index contributed by atoms with van der Waals surface area (Å²) in [5.74, 6) is -3.03. The highest BCUT2D eigenvalue weighted by Gasteiger charge is 2.14. The van der Waals surface area contributed by atoms with Crippen LogP contribution in [-0.4, -0.2) is 19.5 Å². The van der Waals surface area contributed by atoms with Crippen LogP contribution in [0, 0.1) is 17.5 Å². The van der Waals surface area contributed by atoms with Crippen molar-refractivity contribution < 1.29 is 27.4 Å². The minimum absolute atomic E-state index is 0.00220. The van der Waals surface area contributed by atoms with E-state index in [9.17, 15) is 18.0 Å². The Morgan fingerprint density at radius 3 is 2.48 bits per heavy atom. The van der Waals surface area contributed by atoms with Gasteiger partial charge in [0, 0.05) is 6.07 Å². The standard InChI is InChI=1S/C15H11F3O3/c1-20-15-5-2-9(16)6-11(15)14(19)8-21-10-3-4-12(17)13(18)7-10/h2-7H,8H2,1H3. The number of rotatable bonds is 5. The van der Waals surface area contributed by atoms with Crippen molar-refractivity contribution in [3.63, 3.8) is 0 Å². The largest absolute Gasteiger partial charge is 0.496 e. The molecule has 0 unspecified atom stereocenters. The summed E-state index contributed by atoms with van der Waals surface area (Å²) in [6, 6.07) is 6.40. The first kappa shape index (κ1) is 14.9. The maximum absolute atomic E-state index is 13.2. The van der Waals surface area contributed by atoms with E-state index in [4.69, 9.17) is 9.47 Å². The average Bonchev–Trinajstić information content (AvgIpc) is 2.48. The minimum atomic E-state index is -1.08. The normalized spacial score (nSPS) is 10.3. The van der Waals surface area contributed by atoms with Crippen LogP contribution in [0.2, 0.25) is 0 Å². The molecule has 2 aromatic rings. The van der Waals surface area contributed by atoms with Gasteiger partial charge in [-0.25, -0.2) is 13.2 Å². The Morgan fingerprint density at radius 1 is 1.05 bits per heavy atom. The first-order chi connectivity index (χ1) is 10.0. The molecule has 0 N–H and O–H groups in total. The van der Waals surface area contributed by atoms with Crippen molar-refractivity contribution in [2.75, 3.05) is 13.7 Å². The molecule has 2 aromatic carbocycles. The summed E-state index contributed by atoms with van der Waals surface area (Å²) < 4.78 is 48.9. The summed E-state index contributed by atoms with van der Waals surface area (Å²) >= 11 is 0. The van der Waals surface area contributed by atoms with E-state index in [0.29, 0.717) is 0 Å². The van der Waals surface area contributed by atoms with Crippen LogP contribution < -0.4 is 9.47 Å². The van der Waals surface area contributed by atoms with Gasteiger partial charge in [0.1, 0.15) is 17.3 Å². The molecule has 110 valence electrons. The molecule has 2 rings (SSSR count). The molecule has 0 aliphatic rings. The van der Waals surface area contributed by atoms with E-state index in [2.05, 4.69) is 0 Å². The SMILES string of the molecule is COc1ccc(F)cc1C(=O)COc1ccc(F)c(F)c1. The Balaban J connectivity index is 2.11. The van der Waals surface area contributed by atoms with Gasteiger partial charge in [0.05, 0.1) is 12.7 Å². The van der Waals surface area contributed by atoms with Crippen molar-refractivity contribution in [3.8, 4) is 11.5 Å². The fourth-order valence-electron chi connectivity index (χ4n) is 1.69. The molecule has 0 saturated heterocycles. The van der Waals surface area contributed by atoms with E-state index in [1.54, 1.807) is 0 Å². The van der Waals surface area contributed by atoms with Gasteiger partial charge in [0.25, 0.3) is 0 Å². The molecular weight excluding hydrogens is 285 g/mol. The first-order valence-electron chi connectivity index (χ1n) is 5.96. The van der Waals surface area contributed by atoms with E-state index >= 15 is 0 Å². The number of Topliss-reactive ketones (excluding diaryl/α,β-unsaturated/α-hetero) is 1. The van der Waals surface area contributed by atoms with E-state index in [-0.39, 0.29) is 17.1 Å². The molecule has 0 radical (unpaired) electrons. The highest BCUT2D eigenvalue weighted by Crippen LogP contribution is 2.21. The van der Waals surface area contributed by atoms with Gasteiger partial charge in [0.2, 0.25) is 5.78 Å². The van der Waals surface area contributed by atoms with Gasteiger partial charge < -0.3 is 9.47 Å². The summed E-state index contributed by atoms with van der Waals surface area (Å²) in [4.78, 5) is 12.0. The third-order valence-corrected chi connectivity index (χ3v) is 2.72. The first-order valence-corrected chi connectivity index (χ1v) is 5.96. The minimum Gasteiger partial charge on any atom is -0.496 e. The summed E-state index contributed by atoms with van der Waals surface area (Å²) in [5, 5.41) is 0. The van der Waals surface area contributed by atoms with Gasteiger partial charge in [-0.1, -0.05) is 0 Å². The fourth-order valence-corrected chi connectivity index (χ4v) is 1.69. The predicted molar refractivity (Wildman–Crippen MR) is 69.1 cm³/mol. The summed E-state index contributed by atoms with van der Waals surface area (Å²) in [5.41, 5.74) is 0.0140. The van der Waals surface area contributed by atoms with Crippen LogP contribution in [0.3, 0.4) is 0 Å². The Bertz CT molecular complexity index is 671. The summed E-state index contributed by atoms with van der Waals surface area (Å²) in [6.45, 7) is -0.453. The predicted octanol–water partition coefficient (Wildman–Crippen LogP) is 3.37. The third-order valence-electron chi connectivity index (χ3n) is 2.72. The molecule has 3 nitrogen and oxygen atoms in total. The van der Waals surface area contributed by atoms with Gasteiger partial charge in [0.15, 0.2) is 18.2 Å². The summed E-state index contributed by atoms with van der Waals surface area (Å²) in [7, 11) is 1.35. The van der Waals surface area contributed by atoms with Crippen molar-refractivity contribution in [1.29, 1.82) is 0 Å². The van der Waals surface area contributed by atoms with E-state index in [0.717, 1.165) is 24.3 Å². The summed E-state index contributed by atoms with van der Waals surface area (Å²) in [6.07, 6.45) is 0. The number of halogens is 3. The van der Waals surface area contributed by atoms with Crippen molar-refractivity contribution in [1.82, 2.24) is 0 Å². The van der Waals surface area contributed by atoms with Crippen LogP contribution in [0.1, 0.15) is 10.4 Å². The number of carbonyl (C=O) groups excluding carboxylic acids is 1. The number of hydrogen-bond acceptors (Lipinski definition) is 3. The van der Waals surface area contributed by atoms with Crippen LogP contribution in [0.5, 0.6) is 11.5 Å². The van der Waals surface area contributed by atoms with Crippen molar-refractivity contribution in [3.05, 3.63) is 59.4 Å². The zero-order chi connectivity index (χ0) is 15.4. The topological polar surface area (TPSA) is 35.5 Å². The molecule has 0 heterocycles. The molecule has 0 spiro atoms. The number of benzene rings is 2. The van der Waals surface area contributed by atoms with Crippen LogP contribution in [0.4, 0.5) is 13.2 Å². The number of ether oxygens (including phenoxy) is 2. The lowest BCUT2D eigenvalue weighted by Crippen LogP contribution is -2.13. The fraction of sp³-hybridized carbons (Fsp3) is 0.133. The van der Waals surface area contributed by atoms with Gasteiger partial charge in [-0.05, 0) is 30.3 Å². The lowest BCUT2D eigenvalue weighted by atomic mass is 10.1. The molecule has 0 aliphatic heterocycles. The van der Waals surface area contributed by atoms with Gasteiger partial charge >= 0.3 is 0 Å². The molecule has 0 fully saturated rings. The van der Waals surface area contributed by atoms with Crippen molar-refractivity contribution in [2.45, 2.75) is 0 Å². The molecule has 0 bridgehead atoms. The number of methoxy groups -OCH3 is 1. The number of ketones is 1. The smallest absolute Gasteiger partial charge is 0.204 e. The second-order valence-corrected chi connectivity index (χ2v) is 4.13. The van der Waals surface area contributed by atoms with Gasteiger partial charge in [-0.15, -0.1) is 0 Å². The molecule has 0 aromatic heterocycles. The monoisotopic (exact) mass is 296 g/mol. The Labute approximate surface area is 118 Å². The van der Waals surface area contributed by atoms with E-state index in [1.807, 2.05) is 0 Å². The second kappa shape index (κ2) is 6.30. The average molecular weight is 296 g/mol. The van der Waals surface area contributed by atoms with Crippen LogP contribution in [0.25, 0.3) is 0 Å². The third kappa shape index (κ3) is 3.53. The highest BCUT2D eigenvalue weighted by molar-refractivity contribution is 5.99. The van der Waals surface area contributed by atoms with Gasteiger partial charge in [-0.2, -0.15) is 0 Å². The molecule has 6 heteroatoms. The second-order valence-electron chi connectivity index (χ2n) is 4.13. The highest BCUT2D eigenvalue weighted by atomic mass is 19.2. The molecule has 0 amide bonds. The molecule has 21 heavy (non-hydrogen) atoms. The lowest BCUT2D eigenvalue weighted by molar-refractivity contribution is 0.0917. The zero-order valence-corrected chi connectivity index (χ0v) is 11.0. The maximum Gasteiger partial charge on any atom is 0.204 e. The maximum atomic E-state index is 13.2. The van der Waals surface area contributed by atoms with Crippen LogP contribution >= 0.6 is 0 Å². The molecular formula is C15H11F3O3. The molecule has 0 atom stereocenters. The van der Waals surface area contributed by atoms with Crippen molar-refractivity contribution >= 4 is 5.78 Å². The van der Waals surface area contributed by atoms with Crippen LogP contribution in [0.15, 0.2) is 36.4 Å². The zero-order valence-electron chi connectivity index (χ0n) is 11.0. The van der Waals surface area contributed by atoms with E-state index in [1.165, 1.54) is 19.2 Å². The lowest BCUT2D eigenvalue weighted by Gasteiger charge is -2.09. The van der Waals surface area contributed by atoms with Crippen molar-refractivity contribution in [2.24, 2.45) is 0 Å². The molecule has 0 saturated carbocycles. The quantitative estimate of drug-likeness (QED) is 0.794. The Morgan fingerprint density at radius 2 is 1.81 bits per heavy atom. The van der Waals surface area contributed by atoms with Gasteiger partial charge in [-0.3, -0.25) is 4.79 Å². The van der Waals surface area contributed by atoms with E-state index < -0.39 is 29.8 Å². The van der Waals surface area contributed by atoms with Crippen LogP contribution in [-0.2, 0) is 0 Å². The number of carbonyl (C=O) groups is 1. The molecule has 0 aliphatic carbocycles. The Kier molecular flexibility index (Phi) is 4.47. The Hall–Kier alpha value is -2.50.